The fourth-order valence-corrected chi connectivity index (χ4v) is 5.45. The minimum absolute atomic E-state index is 0.193. The lowest BCUT2D eigenvalue weighted by Crippen LogP contribution is -2.43. The second-order valence-corrected chi connectivity index (χ2v) is 10.1. The Morgan fingerprint density at radius 1 is 1.14 bits per heavy atom. The van der Waals surface area contributed by atoms with Gasteiger partial charge in [-0.1, -0.05) is 35.9 Å². The number of benzene rings is 1. The number of nitrogens with zero attached hydrogens (tertiary/aromatic N) is 4. The van der Waals surface area contributed by atoms with Crippen molar-refractivity contribution in [3.8, 4) is 5.88 Å². The number of aromatic nitrogens is 3. The van der Waals surface area contributed by atoms with Crippen molar-refractivity contribution in [3.63, 3.8) is 0 Å². The van der Waals surface area contributed by atoms with E-state index in [1.165, 1.54) is 29.5 Å². The van der Waals surface area contributed by atoms with Gasteiger partial charge in [0.25, 0.3) is 0 Å². The maximum Gasteiger partial charge on any atom is 0.238 e. The number of hydrogen-bond donors (Lipinski definition) is 2. The fraction of sp³-hybridized carbons (Fsp3) is 0.481. The van der Waals surface area contributed by atoms with E-state index in [1.54, 1.807) is 13.3 Å². The molecule has 186 valence electrons. The van der Waals surface area contributed by atoms with Crippen molar-refractivity contribution in [1.29, 1.82) is 0 Å². The van der Waals surface area contributed by atoms with Crippen LogP contribution in [0.3, 0.4) is 0 Å². The highest BCUT2D eigenvalue weighted by atomic mass is 35.5. The molecule has 1 atom stereocenters. The molecule has 1 unspecified atom stereocenters. The third kappa shape index (κ3) is 5.41. The predicted octanol–water partition coefficient (Wildman–Crippen LogP) is 5.29. The standard InChI is InChI=1S/C27H35ClN6O/c1-18(31-21-11-14-34(15-12-21)25-24(28)10-13-29-27(25)35-3)23-17-33(2)32-26(23)30-16-20-6-4-5-7-22(20)19-8-9-19/h4-7,10,13,17-19,21,31H,8-9,11-12,14-16H2,1-3H3,(H,30,32). The lowest BCUT2D eigenvalue weighted by molar-refractivity contribution is 0.372. The Hall–Kier alpha value is -2.77. The van der Waals surface area contributed by atoms with E-state index in [4.69, 9.17) is 21.4 Å². The number of ether oxygens (including phenoxy) is 1. The summed E-state index contributed by atoms with van der Waals surface area (Å²) in [6, 6.07) is 11.2. The molecule has 35 heavy (non-hydrogen) atoms. The molecule has 1 saturated carbocycles. The van der Waals surface area contributed by atoms with Crippen LogP contribution in [0.15, 0.2) is 42.7 Å². The molecule has 3 aromatic rings. The molecule has 0 spiro atoms. The molecule has 1 aliphatic heterocycles. The maximum absolute atomic E-state index is 6.47. The first-order chi connectivity index (χ1) is 17.0. The summed E-state index contributed by atoms with van der Waals surface area (Å²) in [5, 5.41) is 12.9. The fourth-order valence-electron chi connectivity index (χ4n) is 5.19. The number of rotatable bonds is 9. The molecule has 1 aromatic carbocycles. The summed E-state index contributed by atoms with van der Waals surface area (Å²) in [6.07, 6.45) is 8.48. The first-order valence-electron chi connectivity index (χ1n) is 12.6. The van der Waals surface area contributed by atoms with Crippen LogP contribution in [0, 0.1) is 0 Å². The van der Waals surface area contributed by atoms with E-state index in [1.807, 2.05) is 17.8 Å². The van der Waals surface area contributed by atoms with Crippen molar-refractivity contribution in [2.45, 2.75) is 57.2 Å². The van der Waals surface area contributed by atoms with E-state index in [0.29, 0.717) is 16.9 Å². The maximum atomic E-state index is 6.47. The number of pyridine rings is 1. The van der Waals surface area contributed by atoms with Gasteiger partial charge >= 0.3 is 0 Å². The van der Waals surface area contributed by atoms with Gasteiger partial charge in [-0.2, -0.15) is 5.10 Å². The number of piperidine rings is 1. The Balaban J connectivity index is 1.20. The van der Waals surface area contributed by atoms with Gasteiger partial charge in [-0.15, -0.1) is 0 Å². The van der Waals surface area contributed by atoms with Gasteiger partial charge in [0.05, 0.1) is 12.1 Å². The summed E-state index contributed by atoms with van der Waals surface area (Å²) >= 11 is 6.47. The van der Waals surface area contributed by atoms with Crippen LogP contribution in [-0.2, 0) is 13.6 Å². The van der Waals surface area contributed by atoms with Crippen molar-refractivity contribution >= 4 is 23.1 Å². The van der Waals surface area contributed by atoms with Gasteiger partial charge in [0.15, 0.2) is 5.82 Å². The van der Waals surface area contributed by atoms with Crippen LogP contribution < -0.4 is 20.3 Å². The number of methoxy groups -OCH3 is 1. The van der Waals surface area contributed by atoms with Gasteiger partial charge in [-0.05, 0) is 55.7 Å². The molecular weight excluding hydrogens is 460 g/mol. The van der Waals surface area contributed by atoms with Crippen LogP contribution in [-0.4, -0.2) is 41.0 Å². The molecule has 1 saturated heterocycles. The Kier molecular flexibility index (Phi) is 7.16. The van der Waals surface area contributed by atoms with Gasteiger partial charge in [0.1, 0.15) is 5.69 Å². The first kappa shape index (κ1) is 23.9. The molecule has 2 fully saturated rings. The molecule has 5 rings (SSSR count). The summed E-state index contributed by atoms with van der Waals surface area (Å²) in [5.74, 6) is 2.29. The first-order valence-corrected chi connectivity index (χ1v) is 13.0. The zero-order valence-electron chi connectivity index (χ0n) is 20.8. The van der Waals surface area contributed by atoms with Crippen LogP contribution in [0.1, 0.15) is 61.3 Å². The van der Waals surface area contributed by atoms with Crippen LogP contribution in [0.4, 0.5) is 11.5 Å². The summed E-state index contributed by atoms with van der Waals surface area (Å²) in [5.41, 5.74) is 4.97. The van der Waals surface area contributed by atoms with Crippen molar-refractivity contribution in [2.24, 2.45) is 7.05 Å². The monoisotopic (exact) mass is 494 g/mol. The quantitative estimate of drug-likeness (QED) is 0.421. The van der Waals surface area contributed by atoms with Crippen LogP contribution in [0.5, 0.6) is 5.88 Å². The Labute approximate surface area is 212 Å². The smallest absolute Gasteiger partial charge is 0.238 e. The van der Waals surface area contributed by atoms with Crippen molar-refractivity contribution in [3.05, 3.63) is 64.4 Å². The van der Waals surface area contributed by atoms with Crippen molar-refractivity contribution < 1.29 is 4.74 Å². The summed E-state index contributed by atoms with van der Waals surface area (Å²) in [4.78, 5) is 6.61. The summed E-state index contributed by atoms with van der Waals surface area (Å²) < 4.78 is 7.36. The van der Waals surface area contributed by atoms with E-state index in [-0.39, 0.29) is 6.04 Å². The lowest BCUT2D eigenvalue weighted by Gasteiger charge is -2.36. The predicted molar refractivity (Wildman–Crippen MR) is 142 cm³/mol. The molecule has 2 aromatic heterocycles. The zero-order valence-corrected chi connectivity index (χ0v) is 21.6. The highest BCUT2D eigenvalue weighted by molar-refractivity contribution is 6.33. The second kappa shape index (κ2) is 10.5. The topological polar surface area (TPSA) is 67.2 Å². The molecule has 3 heterocycles. The average Bonchev–Trinajstić information content (AvgIpc) is 3.65. The van der Waals surface area contributed by atoms with E-state index >= 15 is 0 Å². The van der Waals surface area contributed by atoms with Gasteiger partial charge in [-0.25, -0.2) is 4.98 Å². The molecule has 7 nitrogen and oxygen atoms in total. The van der Waals surface area contributed by atoms with E-state index in [0.717, 1.165) is 49.9 Å². The molecule has 0 radical (unpaired) electrons. The lowest BCUT2D eigenvalue weighted by atomic mass is 10.0. The summed E-state index contributed by atoms with van der Waals surface area (Å²) in [6.45, 7) is 4.84. The normalized spacial score (nSPS) is 17.4. The SMILES string of the molecule is COc1nccc(Cl)c1N1CCC(NC(C)c2cn(C)nc2NCc2ccccc2C2CC2)CC1. The van der Waals surface area contributed by atoms with Crippen molar-refractivity contribution in [1.82, 2.24) is 20.1 Å². The van der Waals surface area contributed by atoms with Crippen LogP contribution in [0.2, 0.25) is 5.02 Å². The third-order valence-corrected chi connectivity index (χ3v) is 7.48. The zero-order chi connectivity index (χ0) is 24.4. The van der Waals surface area contributed by atoms with Gasteiger partial charge < -0.3 is 20.3 Å². The largest absolute Gasteiger partial charge is 0.479 e. The Morgan fingerprint density at radius 3 is 2.66 bits per heavy atom. The van der Waals surface area contributed by atoms with E-state index < -0.39 is 0 Å². The molecule has 0 bridgehead atoms. The van der Waals surface area contributed by atoms with Gasteiger partial charge in [-0.3, -0.25) is 4.68 Å². The van der Waals surface area contributed by atoms with Crippen LogP contribution >= 0.6 is 11.6 Å². The van der Waals surface area contributed by atoms with Crippen molar-refractivity contribution in [2.75, 3.05) is 30.4 Å². The third-order valence-electron chi connectivity index (χ3n) is 7.17. The van der Waals surface area contributed by atoms with Crippen LogP contribution in [0.25, 0.3) is 0 Å². The molecule has 0 amide bonds. The summed E-state index contributed by atoms with van der Waals surface area (Å²) in [7, 11) is 3.63. The Bertz CT molecular complexity index is 1150. The van der Waals surface area contributed by atoms with Gasteiger partial charge in [0, 0.05) is 56.7 Å². The number of hydrogen-bond acceptors (Lipinski definition) is 6. The minimum atomic E-state index is 0.193. The molecule has 2 N–H and O–H groups in total. The number of halogens is 1. The average molecular weight is 495 g/mol. The van der Waals surface area contributed by atoms with Gasteiger partial charge in [0.2, 0.25) is 5.88 Å². The minimum Gasteiger partial charge on any atom is -0.479 e. The van der Waals surface area contributed by atoms with E-state index in [2.05, 4.69) is 57.9 Å². The molecule has 2 aliphatic rings. The molecule has 1 aliphatic carbocycles. The Morgan fingerprint density at radius 2 is 1.91 bits per heavy atom. The highest BCUT2D eigenvalue weighted by Gasteiger charge is 2.27. The molecule has 8 heteroatoms. The number of nitrogens with one attached hydrogen (secondary N) is 2. The highest BCUT2D eigenvalue weighted by Crippen LogP contribution is 2.41. The van der Waals surface area contributed by atoms with E-state index in [9.17, 15) is 0 Å². The number of anilines is 2. The molecular formula is C27H35ClN6O. The number of aryl methyl sites for hydroxylation is 1. The second-order valence-electron chi connectivity index (χ2n) is 9.73.